The molecule has 4 heteroatoms. The Morgan fingerprint density at radius 3 is 2.47 bits per heavy atom. The van der Waals surface area contributed by atoms with Crippen LogP contribution in [0.15, 0.2) is 24.3 Å². The first-order valence-corrected chi connectivity index (χ1v) is 6.43. The number of rotatable bonds is 4. The zero-order chi connectivity index (χ0) is 14.6. The number of hydrogen-bond acceptors (Lipinski definition) is 3. The van der Waals surface area contributed by atoms with Crippen LogP contribution < -0.4 is 5.32 Å². The molecule has 0 spiro atoms. The van der Waals surface area contributed by atoms with Gasteiger partial charge >= 0.3 is 5.97 Å². The minimum absolute atomic E-state index is 0.127. The Bertz CT molecular complexity index is 440. The average Bonchev–Trinajstić information content (AvgIpc) is 2.26. The predicted molar refractivity (Wildman–Crippen MR) is 73.3 cm³/mol. The highest BCUT2D eigenvalue weighted by Crippen LogP contribution is 2.15. The number of carbonyl (C=O) groups excluding carboxylic acids is 1. The van der Waals surface area contributed by atoms with Crippen LogP contribution in [-0.2, 0) is 9.53 Å². The van der Waals surface area contributed by atoms with Gasteiger partial charge in [0.15, 0.2) is 0 Å². The SMILES string of the molecule is CC(NC(C)c1cccc(F)c1)C(=O)OC(C)(C)C. The number of esters is 1. The molecule has 0 aliphatic rings. The largest absolute Gasteiger partial charge is 0.459 e. The van der Waals surface area contributed by atoms with Crippen molar-refractivity contribution >= 4 is 5.97 Å². The van der Waals surface area contributed by atoms with Crippen molar-refractivity contribution in [3.8, 4) is 0 Å². The highest BCUT2D eigenvalue weighted by atomic mass is 19.1. The maximum atomic E-state index is 13.1. The molecule has 0 heterocycles. The molecule has 19 heavy (non-hydrogen) atoms. The van der Waals surface area contributed by atoms with Crippen molar-refractivity contribution in [2.75, 3.05) is 0 Å². The molecule has 0 amide bonds. The normalized spacial score (nSPS) is 14.8. The number of nitrogens with one attached hydrogen (secondary N) is 1. The fourth-order valence-electron chi connectivity index (χ4n) is 1.71. The summed E-state index contributed by atoms with van der Waals surface area (Å²) in [5.74, 6) is -0.591. The van der Waals surface area contributed by atoms with E-state index in [1.165, 1.54) is 12.1 Å². The quantitative estimate of drug-likeness (QED) is 0.851. The predicted octanol–water partition coefficient (Wildman–Crippen LogP) is 3.21. The molecule has 0 radical (unpaired) electrons. The minimum atomic E-state index is -0.505. The van der Waals surface area contributed by atoms with E-state index in [0.29, 0.717) is 0 Å². The highest BCUT2D eigenvalue weighted by molar-refractivity contribution is 5.75. The minimum Gasteiger partial charge on any atom is -0.459 e. The molecule has 0 aliphatic heterocycles. The van der Waals surface area contributed by atoms with Crippen molar-refractivity contribution in [3.05, 3.63) is 35.6 Å². The summed E-state index contributed by atoms with van der Waals surface area (Å²) in [7, 11) is 0. The molecule has 0 aromatic heterocycles. The first-order valence-electron chi connectivity index (χ1n) is 6.43. The van der Waals surface area contributed by atoms with E-state index < -0.39 is 11.6 Å². The van der Waals surface area contributed by atoms with Gasteiger partial charge in [-0.25, -0.2) is 4.39 Å². The first-order chi connectivity index (χ1) is 8.69. The fourth-order valence-corrected chi connectivity index (χ4v) is 1.71. The monoisotopic (exact) mass is 267 g/mol. The molecule has 0 fully saturated rings. The lowest BCUT2D eigenvalue weighted by Gasteiger charge is -2.24. The second kappa shape index (κ2) is 6.15. The summed E-state index contributed by atoms with van der Waals surface area (Å²) < 4.78 is 18.4. The maximum Gasteiger partial charge on any atom is 0.323 e. The third-order valence-electron chi connectivity index (χ3n) is 2.61. The van der Waals surface area contributed by atoms with Crippen molar-refractivity contribution < 1.29 is 13.9 Å². The molecule has 1 aromatic carbocycles. The Kier molecular flexibility index (Phi) is 5.06. The summed E-state index contributed by atoms with van der Waals surface area (Å²) in [6, 6.07) is 5.76. The van der Waals surface area contributed by atoms with Crippen LogP contribution in [0.4, 0.5) is 4.39 Å². The van der Waals surface area contributed by atoms with Gasteiger partial charge in [0, 0.05) is 6.04 Å². The summed E-state index contributed by atoms with van der Waals surface area (Å²) in [4.78, 5) is 11.8. The van der Waals surface area contributed by atoms with Gasteiger partial charge in [-0.3, -0.25) is 10.1 Å². The average molecular weight is 267 g/mol. The van der Waals surface area contributed by atoms with Gasteiger partial charge in [0.2, 0.25) is 0 Å². The van der Waals surface area contributed by atoms with E-state index in [-0.39, 0.29) is 17.8 Å². The van der Waals surface area contributed by atoms with Crippen LogP contribution in [0.25, 0.3) is 0 Å². The van der Waals surface area contributed by atoms with Crippen LogP contribution >= 0.6 is 0 Å². The summed E-state index contributed by atoms with van der Waals surface area (Å²) in [5, 5.41) is 3.10. The third-order valence-corrected chi connectivity index (χ3v) is 2.61. The molecule has 1 N–H and O–H groups in total. The Labute approximate surface area is 114 Å². The zero-order valence-corrected chi connectivity index (χ0v) is 12.2. The number of ether oxygens (including phenoxy) is 1. The van der Waals surface area contributed by atoms with Gasteiger partial charge in [0.05, 0.1) is 0 Å². The summed E-state index contributed by atoms with van der Waals surface area (Å²) in [6.45, 7) is 9.11. The van der Waals surface area contributed by atoms with Gasteiger partial charge < -0.3 is 4.74 Å². The number of benzene rings is 1. The highest BCUT2D eigenvalue weighted by Gasteiger charge is 2.23. The van der Waals surface area contributed by atoms with Gasteiger partial charge in [-0.05, 0) is 52.3 Å². The Morgan fingerprint density at radius 1 is 1.32 bits per heavy atom. The van der Waals surface area contributed by atoms with E-state index in [9.17, 15) is 9.18 Å². The van der Waals surface area contributed by atoms with Crippen molar-refractivity contribution in [1.29, 1.82) is 0 Å². The third kappa shape index (κ3) is 5.39. The second-order valence-corrected chi connectivity index (χ2v) is 5.70. The van der Waals surface area contributed by atoms with Crippen LogP contribution in [-0.4, -0.2) is 17.6 Å². The van der Waals surface area contributed by atoms with E-state index >= 15 is 0 Å². The number of halogens is 1. The van der Waals surface area contributed by atoms with Gasteiger partial charge in [0.1, 0.15) is 17.5 Å². The topological polar surface area (TPSA) is 38.3 Å². The molecule has 2 atom stereocenters. The lowest BCUT2D eigenvalue weighted by atomic mass is 10.1. The van der Waals surface area contributed by atoms with Crippen LogP contribution in [0, 0.1) is 5.82 Å². The molecule has 0 saturated carbocycles. The standard InChI is InChI=1S/C15H22FNO2/c1-10(12-7-6-8-13(16)9-12)17-11(2)14(18)19-15(3,4)5/h6-11,17H,1-5H3. The molecule has 0 bridgehead atoms. The second-order valence-electron chi connectivity index (χ2n) is 5.70. The molecule has 0 saturated heterocycles. The maximum absolute atomic E-state index is 13.1. The smallest absolute Gasteiger partial charge is 0.323 e. The Balaban J connectivity index is 2.61. The first kappa shape index (κ1) is 15.6. The van der Waals surface area contributed by atoms with Crippen LogP contribution in [0.5, 0.6) is 0 Å². The Morgan fingerprint density at radius 2 is 1.95 bits per heavy atom. The molecular formula is C15H22FNO2. The number of carbonyl (C=O) groups is 1. The zero-order valence-electron chi connectivity index (χ0n) is 12.2. The van der Waals surface area contributed by atoms with Crippen molar-refractivity contribution in [3.63, 3.8) is 0 Å². The van der Waals surface area contributed by atoms with Gasteiger partial charge in [0.25, 0.3) is 0 Å². The van der Waals surface area contributed by atoms with Gasteiger partial charge in [-0.1, -0.05) is 12.1 Å². The summed E-state index contributed by atoms with van der Waals surface area (Å²) in [5.41, 5.74) is 0.296. The van der Waals surface area contributed by atoms with Gasteiger partial charge in [-0.15, -0.1) is 0 Å². The fraction of sp³-hybridized carbons (Fsp3) is 0.533. The molecule has 106 valence electrons. The van der Waals surface area contributed by atoms with Crippen molar-refractivity contribution in [1.82, 2.24) is 5.32 Å². The van der Waals surface area contributed by atoms with Crippen LogP contribution in [0.2, 0.25) is 0 Å². The van der Waals surface area contributed by atoms with Crippen molar-refractivity contribution in [2.24, 2.45) is 0 Å². The van der Waals surface area contributed by atoms with E-state index in [0.717, 1.165) is 5.56 Å². The summed E-state index contributed by atoms with van der Waals surface area (Å²) in [6.07, 6.45) is 0. The molecule has 0 aliphatic carbocycles. The van der Waals surface area contributed by atoms with E-state index in [4.69, 9.17) is 4.74 Å². The van der Waals surface area contributed by atoms with E-state index in [2.05, 4.69) is 5.32 Å². The van der Waals surface area contributed by atoms with E-state index in [1.807, 2.05) is 33.8 Å². The lowest BCUT2D eigenvalue weighted by Crippen LogP contribution is -2.40. The molecular weight excluding hydrogens is 245 g/mol. The molecule has 3 nitrogen and oxygen atoms in total. The molecule has 2 unspecified atom stereocenters. The Hall–Kier alpha value is -1.42. The van der Waals surface area contributed by atoms with Crippen LogP contribution in [0.1, 0.15) is 46.2 Å². The van der Waals surface area contributed by atoms with Crippen molar-refractivity contribution in [2.45, 2.75) is 52.3 Å². The number of hydrogen-bond donors (Lipinski definition) is 1. The summed E-state index contributed by atoms with van der Waals surface area (Å²) >= 11 is 0. The van der Waals surface area contributed by atoms with Gasteiger partial charge in [-0.2, -0.15) is 0 Å². The molecule has 1 aromatic rings. The van der Waals surface area contributed by atoms with Crippen LogP contribution in [0.3, 0.4) is 0 Å². The molecule has 1 rings (SSSR count). The van der Waals surface area contributed by atoms with E-state index in [1.54, 1.807) is 13.0 Å². The lowest BCUT2D eigenvalue weighted by molar-refractivity contribution is -0.157.